The van der Waals surface area contributed by atoms with Crippen LogP contribution in [0.2, 0.25) is 0 Å². The molecule has 0 radical (unpaired) electrons. The topological polar surface area (TPSA) is 32.7 Å². The van der Waals surface area contributed by atoms with Gasteiger partial charge in [0.15, 0.2) is 5.78 Å². The van der Waals surface area contributed by atoms with Crippen LogP contribution in [-0.2, 0) is 4.79 Å². The Hall–Kier alpha value is -3.08. The number of aliphatic imine (C=N–C) groups is 1. The molecule has 0 N–H and O–H groups in total. The van der Waals surface area contributed by atoms with E-state index in [1.807, 2.05) is 18.5 Å². The Morgan fingerprint density at radius 2 is 1.91 bits per heavy atom. The van der Waals surface area contributed by atoms with Crippen LogP contribution in [0.5, 0.6) is 0 Å². The second-order valence-electron chi connectivity index (χ2n) is 9.73. The minimum atomic E-state index is -2.66. The Morgan fingerprint density at radius 1 is 1.12 bits per heavy atom. The van der Waals surface area contributed by atoms with E-state index in [0.717, 1.165) is 43.6 Å². The number of allylic oxidation sites excluding steroid dienone is 6. The monoisotopic (exact) mass is 460 g/mol. The first-order valence-corrected chi connectivity index (χ1v) is 12.2. The Balaban J connectivity index is 1.33. The SMILES string of the molecule is Cc1ccc(C2=CCC3=CN=CC=C(N4CC/C=C(\C(=O)C5CC(F)(F)C5)CCC4)C3=C2)cc1. The van der Waals surface area contributed by atoms with Crippen molar-refractivity contribution < 1.29 is 13.6 Å². The minimum absolute atomic E-state index is 0.0618. The molecule has 34 heavy (non-hydrogen) atoms. The number of halogens is 2. The third-order valence-electron chi connectivity index (χ3n) is 7.18. The number of alkyl halides is 2. The molecule has 2 aliphatic carbocycles. The number of ketones is 1. The number of hydrogen-bond acceptors (Lipinski definition) is 3. The van der Waals surface area contributed by atoms with E-state index in [4.69, 9.17) is 0 Å². The minimum Gasteiger partial charge on any atom is -0.371 e. The molecular formula is C29H30F2N2O. The Morgan fingerprint density at radius 3 is 2.68 bits per heavy atom. The number of fused-ring (bicyclic) bond motifs is 1. The van der Waals surface area contributed by atoms with Crippen LogP contribution >= 0.6 is 0 Å². The number of benzene rings is 1. The number of Topliss-reactive ketones (excluding diaryl/α,β-unsaturated/α-hetero) is 1. The van der Waals surface area contributed by atoms with E-state index in [-0.39, 0.29) is 18.6 Å². The molecule has 0 aromatic heterocycles. The first-order chi connectivity index (χ1) is 16.4. The molecule has 1 aromatic carbocycles. The zero-order valence-electron chi connectivity index (χ0n) is 19.6. The molecule has 0 spiro atoms. The number of rotatable bonds is 4. The summed E-state index contributed by atoms with van der Waals surface area (Å²) >= 11 is 0. The van der Waals surface area contributed by atoms with Crippen molar-refractivity contribution in [3.05, 3.63) is 88.3 Å². The van der Waals surface area contributed by atoms with Gasteiger partial charge in [-0.15, -0.1) is 0 Å². The van der Waals surface area contributed by atoms with Crippen LogP contribution in [0.15, 0.2) is 82.2 Å². The summed E-state index contributed by atoms with van der Waals surface area (Å²) in [6.07, 6.45) is 14.9. The summed E-state index contributed by atoms with van der Waals surface area (Å²) in [6, 6.07) is 8.62. The van der Waals surface area contributed by atoms with E-state index in [1.165, 1.54) is 27.8 Å². The summed E-state index contributed by atoms with van der Waals surface area (Å²) in [5.74, 6) is -3.21. The smallest absolute Gasteiger partial charge is 0.249 e. The molecule has 5 heteroatoms. The van der Waals surface area contributed by atoms with E-state index >= 15 is 0 Å². The van der Waals surface area contributed by atoms with Crippen LogP contribution in [0, 0.1) is 12.8 Å². The highest BCUT2D eigenvalue weighted by atomic mass is 19.3. The van der Waals surface area contributed by atoms with Gasteiger partial charge in [-0.05, 0) is 67.0 Å². The number of carbonyl (C=O) groups is 1. The molecule has 5 rings (SSSR count). The van der Waals surface area contributed by atoms with Crippen LogP contribution in [0.1, 0.15) is 49.7 Å². The second kappa shape index (κ2) is 9.28. The zero-order chi connectivity index (χ0) is 23.7. The molecule has 0 unspecified atom stereocenters. The summed E-state index contributed by atoms with van der Waals surface area (Å²) in [4.78, 5) is 19.5. The third kappa shape index (κ3) is 4.75. The van der Waals surface area contributed by atoms with Gasteiger partial charge in [-0.1, -0.05) is 42.0 Å². The molecule has 1 aromatic rings. The van der Waals surface area contributed by atoms with Gasteiger partial charge < -0.3 is 4.90 Å². The van der Waals surface area contributed by atoms with Gasteiger partial charge in [-0.3, -0.25) is 9.79 Å². The maximum atomic E-state index is 13.2. The quantitative estimate of drug-likeness (QED) is 0.508. The van der Waals surface area contributed by atoms with Crippen LogP contribution in [0.3, 0.4) is 0 Å². The van der Waals surface area contributed by atoms with E-state index in [2.05, 4.69) is 59.3 Å². The van der Waals surface area contributed by atoms with Crippen molar-refractivity contribution in [1.29, 1.82) is 0 Å². The summed E-state index contributed by atoms with van der Waals surface area (Å²) in [7, 11) is 0. The van der Waals surface area contributed by atoms with Gasteiger partial charge in [0.05, 0.1) is 0 Å². The van der Waals surface area contributed by atoms with Gasteiger partial charge in [0.25, 0.3) is 0 Å². The summed E-state index contributed by atoms with van der Waals surface area (Å²) in [5, 5.41) is 0. The maximum Gasteiger partial charge on any atom is 0.249 e. The average molecular weight is 461 g/mol. The molecule has 3 nitrogen and oxygen atoms in total. The van der Waals surface area contributed by atoms with E-state index < -0.39 is 11.8 Å². The third-order valence-corrected chi connectivity index (χ3v) is 7.18. The summed E-state index contributed by atoms with van der Waals surface area (Å²) in [6.45, 7) is 3.70. The molecule has 1 fully saturated rings. The second-order valence-corrected chi connectivity index (χ2v) is 9.73. The first kappa shape index (κ1) is 22.7. The number of nitrogens with zero attached hydrogens (tertiary/aromatic N) is 2. The number of carbonyl (C=O) groups excluding carboxylic acids is 1. The molecular weight excluding hydrogens is 430 g/mol. The maximum absolute atomic E-state index is 13.2. The lowest BCUT2D eigenvalue weighted by Gasteiger charge is -2.35. The van der Waals surface area contributed by atoms with Crippen LogP contribution in [0.4, 0.5) is 8.78 Å². The zero-order valence-corrected chi connectivity index (χ0v) is 19.6. The molecule has 0 bridgehead atoms. The van der Waals surface area contributed by atoms with Gasteiger partial charge in [-0.2, -0.15) is 0 Å². The molecule has 2 aliphatic heterocycles. The van der Waals surface area contributed by atoms with Crippen molar-refractivity contribution in [3.8, 4) is 0 Å². The Kier molecular flexibility index (Phi) is 6.20. The van der Waals surface area contributed by atoms with Crippen molar-refractivity contribution in [2.75, 3.05) is 13.1 Å². The molecule has 0 atom stereocenters. The lowest BCUT2D eigenvalue weighted by molar-refractivity contribution is -0.144. The normalized spacial score (nSPS) is 24.1. The average Bonchev–Trinajstić information content (AvgIpc) is 2.99. The molecule has 0 saturated heterocycles. The molecule has 2 heterocycles. The largest absolute Gasteiger partial charge is 0.371 e. The van der Waals surface area contributed by atoms with Crippen molar-refractivity contribution in [1.82, 2.24) is 4.90 Å². The number of hydrogen-bond donors (Lipinski definition) is 0. The van der Waals surface area contributed by atoms with E-state index in [0.29, 0.717) is 6.42 Å². The predicted octanol–water partition coefficient (Wildman–Crippen LogP) is 6.59. The van der Waals surface area contributed by atoms with E-state index in [9.17, 15) is 13.6 Å². The molecule has 4 aliphatic rings. The lowest BCUT2D eigenvalue weighted by atomic mass is 9.75. The highest BCUT2D eigenvalue weighted by Crippen LogP contribution is 2.44. The van der Waals surface area contributed by atoms with Crippen LogP contribution < -0.4 is 0 Å². The Labute approximate surface area is 200 Å². The van der Waals surface area contributed by atoms with Crippen LogP contribution in [-0.4, -0.2) is 35.9 Å². The van der Waals surface area contributed by atoms with Crippen LogP contribution in [0.25, 0.3) is 5.57 Å². The fourth-order valence-electron chi connectivity index (χ4n) is 5.20. The van der Waals surface area contributed by atoms with Crippen molar-refractivity contribution in [3.63, 3.8) is 0 Å². The fourth-order valence-corrected chi connectivity index (χ4v) is 5.20. The van der Waals surface area contributed by atoms with Gasteiger partial charge >= 0.3 is 0 Å². The fraction of sp³-hybridized carbons (Fsp3) is 0.379. The molecule has 1 saturated carbocycles. The van der Waals surface area contributed by atoms with Crippen molar-refractivity contribution >= 4 is 17.6 Å². The van der Waals surface area contributed by atoms with Gasteiger partial charge in [0.2, 0.25) is 5.92 Å². The number of aryl methyl sites for hydroxylation is 1. The lowest BCUT2D eigenvalue weighted by Crippen LogP contribution is -2.40. The van der Waals surface area contributed by atoms with Gasteiger partial charge in [0, 0.05) is 55.5 Å². The Bertz CT molecular complexity index is 1160. The summed E-state index contributed by atoms with van der Waals surface area (Å²) in [5.41, 5.74) is 7.99. The van der Waals surface area contributed by atoms with E-state index in [1.54, 1.807) is 0 Å². The highest BCUT2D eigenvalue weighted by Gasteiger charge is 2.48. The van der Waals surface area contributed by atoms with Gasteiger partial charge in [-0.25, -0.2) is 8.78 Å². The summed E-state index contributed by atoms with van der Waals surface area (Å²) < 4.78 is 26.5. The standard InChI is InChI=1S/C29H30F2N2O/c1-20-6-8-21(9-7-20)23-10-11-24-19-32-13-12-27(26(24)16-23)33-14-2-4-22(5-3-15-33)28(34)25-17-29(30,31)18-25/h4,6-10,12-13,16,19,25H,2-3,5,11,14-15,17-18H2,1H3/b22-4-. The van der Waals surface area contributed by atoms with Gasteiger partial charge in [0.1, 0.15) is 0 Å². The van der Waals surface area contributed by atoms with Crippen molar-refractivity contribution in [2.24, 2.45) is 10.9 Å². The predicted molar refractivity (Wildman–Crippen MR) is 133 cm³/mol. The van der Waals surface area contributed by atoms with Crippen molar-refractivity contribution in [2.45, 2.75) is 51.4 Å². The molecule has 0 amide bonds. The highest BCUT2D eigenvalue weighted by molar-refractivity contribution is 5.97. The molecule has 176 valence electrons. The first-order valence-electron chi connectivity index (χ1n) is 12.2.